The Labute approximate surface area is 143 Å². The number of nitrogens with two attached hydrogens (primary N) is 1. The number of hydrogen-bond donors (Lipinski definition) is 1. The van der Waals surface area contributed by atoms with Crippen molar-refractivity contribution in [2.75, 3.05) is 5.73 Å². The van der Waals surface area contributed by atoms with E-state index in [-0.39, 0.29) is 0 Å². The Hall–Kier alpha value is -3.54. The minimum Gasteiger partial charge on any atom is -0.369 e. The van der Waals surface area contributed by atoms with Gasteiger partial charge in [-0.15, -0.1) is 10.2 Å². The van der Waals surface area contributed by atoms with Gasteiger partial charge in [-0.3, -0.25) is 9.39 Å². The first kappa shape index (κ1) is 13.9. The summed E-state index contributed by atoms with van der Waals surface area (Å²) in [6.45, 7) is 0.738. The van der Waals surface area contributed by atoms with Crippen molar-refractivity contribution < 1.29 is 0 Å². The molecule has 2 aromatic heterocycles. The average Bonchev–Trinajstić information content (AvgIpc) is 3.31. The number of aliphatic imine (C=N–C) groups is 1. The Balaban J connectivity index is 1.85. The monoisotopic (exact) mass is 326 g/mol. The Morgan fingerprint density at radius 3 is 2.76 bits per heavy atom. The fraction of sp³-hybridized carbons (Fsp3) is 0.0526. The van der Waals surface area contributed by atoms with Crippen LogP contribution in [0, 0.1) is 0 Å². The van der Waals surface area contributed by atoms with Crippen molar-refractivity contribution in [1.29, 1.82) is 0 Å². The molecule has 6 heteroatoms. The van der Waals surface area contributed by atoms with Crippen molar-refractivity contribution in [3.8, 4) is 22.4 Å². The molecule has 4 aromatic rings. The molecule has 0 atom stereocenters. The van der Waals surface area contributed by atoms with Crippen LogP contribution in [-0.2, 0) is 6.54 Å². The minimum atomic E-state index is 0.366. The molecular formula is C19H14N6. The molecule has 0 saturated heterocycles. The highest BCUT2D eigenvalue weighted by molar-refractivity contribution is 5.94. The van der Waals surface area contributed by atoms with Crippen LogP contribution < -0.4 is 5.73 Å². The van der Waals surface area contributed by atoms with Crippen LogP contribution in [0.4, 0.5) is 5.95 Å². The van der Waals surface area contributed by atoms with Crippen molar-refractivity contribution in [3.05, 3.63) is 66.0 Å². The minimum absolute atomic E-state index is 0.366. The van der Waals surface area contributed by atoms with Gasteiger partial charge in [-0.25, -0.2) is 4.98 Å². The van der Waals surface area contributed by atoms with E-state index in [4.69, 9.17) is 5.73 Å². The zero-order chi connectivity index (χ0) is 16.8. The van der Waals surface area contributed by atoms with E-state index in [2.05, 4.69) is 38.4 Å². The number of fused-ring (bicyclic) bond motifs is 2. The number of nitrogen functional groups attached to an aromatic ring is 1. The molecule has 3 heterocycles. The van der Waals surface area contributed by atoms with Crippen LogP contribution >= 0.6 is 0 Å². The van der Waals surface area contributed by atoms with Gasteiger partial charge in [-0.2, -0.15) is 0 Å². The van der Waals surface area contributed by atoms with Crippen molar-refractivity contribution in [2.45, 2.75) is 6.54 Å². The molecule has 0 saturated carbocycles. The fourth-order valence-electron chi connectivity index (χ4n) is 3.23. The maximum Gasteiger partial charge on any atom is 0.207 e. The molecule has 0 radical (unpaired) electrons. The quantitative estimate of drug-likeness (QED) is 0.614. The molecule has 25 heavy (non-hydrogen) atoms. The highest BCUT2D eigenvalue weighted by atomic mass is 15.3. The van der Waals surface area contributed by atoms with Crippen LogP contribution in [0.25, 0.3) is 28.0 Å². The predicted octanol–water partition coefficient (Wildman–Crippen LogP) is 2.97. The molecule has 120 valence electrons. The average molecular weight is 326 g/mol. The second-order valence-electron chi connectivity index (χ2n) is 5.97. The van der Waals surface area contributed by atoms with Gasteiger partial charge in [0.2, 0.25) is 5.95 Å². The lowest BCUT2D eigenvalue weighted by molar-refractivity contribution is 1.09. The Bertz CT molecular complexity index is 1130. The van der Waals surface area contributed by atoms with E-state index < -0.39 is 0 Å². The molecule has 0 amide bonds. The summed E-state index contributed by atoms with van der Waals surface area (Å²) in [5.74, 6) is 0.366. The smallest absolute Gasteiger partial charge is 0.207 e. The van der Waals surface area contributed by atoms with Crippen LogP contribution in [0.15, 0.2) is 59.9 Å². The normalized spacial score (nSPS) is 12.6. The molecular weight excluding hydrogens is 312 g/mol. The summed E-state index contributed by atoms with van der Waals surface area (Å²) >= 11 is 0. The summed E-state index contributed by atoms with van der Waals surface area (Å²) in [4.78, 5) is 8.98. The lowest BCUT2D eigenvalue weighted by Crippen LogP contribution is -2.04. The van der Waals surface area contributed by atoms with Gasteiger partial charge in [0.1, 0.15) is 6.33 Å². The van der Waals surface area contributed by atoms with Crippen LogP contribution in [0.2, 0.25) is 0 Å². The summed E-state index contributed by atoms with van der Waals surface area (Å²) in [5, 5.41) is 8.32. The van der Waals surface area contributed by atoms with E-state index in [1.807, 2.05) is 36.5 Å². The summed E-state index contributed by atoms with van der Waals surface area (Å²) in [6.07, 6.45) is 3.50. The van der Waals surface area contributed by atoms with Gasteiger partial charge in [0.15, 0.2) is 5.65 Å². The molecule has 2 aromatic carbocycles. The Kier molecular flexibility index (Phi) is 2.90. The lowest BCUT2D eigenvalue weighted by atomic mass is 9.97. The molecule has 6 nitrogen and oxygen atoms in total. The van der Waals surface area contributed by atoms with Crippen LogP contribution in [0.1, 0.15) is 11.1 Å². The second kappa shape index (κ2) is 5.24. The number of hydrogen-bond acceptors (Lipinski definition) is 5. The molecule has 2 N–H and O–H groups in total. The van der Waals surface area contributed by atoms with Gasteiger partial charge >= 0.3 is 0 Å². The molecule has 0 fully saturated rings. The zero-order valence-corrected chi connectivity index (χ0v) is 13.3. The summed E-state index contributed by atoms with van der Waals surface area (Å²) in [7, 11) is 0. The predicted molar refractivity (Wildman–Crippen MR) is 97.4 cm³/mol. The third-order valence-electron chi connectivity index (χ3n) is 4.46. The van der Waals surface area contributed by atoms with E-state index in [0.29, 0.717) is 11.6 Å². The molecule has 0 bridgehead atoms. The number of anilines is 1. The van der Waals surface area contributed by atoms with E-state index in [9.17, 15) is 0 Å². The number of rotatable bonds is 2. The van der Waals surface area contributed by atoms with Crippen LogP contribution in [0.3, 0.4) is 0 Å². The standard InChI is InChI=1S/C19H14N6/c20-19-23-17(12-4-2-1-3-5-12)16(18-24-22-11-25(18)19)13-6-7-14-9-21-10-15(14)8-13/h1-8,10-11H,9H2,(H2,20,23). The van der Waals surface area contributed by atoms with Gasteiger partial charge in [0, 0.05) is 11.8 Å². The van der Waals surface area contributed by atoms with Crippen molar-refractivity contribution in [2.24, 2.45) is 4.99 Å². The van der Waals surface area contributed by atoms with E-state index in [1.165, 1.54) is 5.56 Å². The topological polar surface area (TPSA) is 81.5 Å². The highest BCUT2D eigenvalue weighted by Crippen LogP contribution is 2.35. The maximum atomic E-state index is 6.13. The molecule has 5 rings (SSSR count). The van der Waals surface area contributed by atoms with Gasteiger partial charge in [0.25, 0.3) is 0 Å². The summed E-state index contributed by atoms with van der Waals surface area (Å²) < 4.78 is 1.71. The molecule has 1 aliphatic rings. The first-order valence-corrected chi connectivity index (χ1v) is 7.99. The molecule has 0 aliphatic carbocycles. The first-order chi connectivity index (χ1) is 12.3. The van der Waals surface area contributed by atoms with Gasteiger partial charge < -0.3 is 5.73 Å². The Morgan fingerprint density at radius 1 is 1.00 bits per heavy atom. The van der Waals surface area contributed by atoms with Crippen LogP contribution in [0.5, 0.6) is 0 Å². The van der Waals surface area contributed by atoms with Gasteiger partial charge in [-0.05, 0) is 22.8 Å². The van der Waals surface area contributed by atoms with Crippen molar-refractivity contribution in [3.63, 3.8) is 0 Å². The zero-order valence-electron chi connectivity index (χ0n) is 13.3. The number of benzene rings is 2. The van der Waals surface area contributed by atoms with E-state index >= 15 is 0 Å². The summed E-state index contributed by atoms with van der Waals surface area (Å²) in [5.41, 5.74) is 12.9. The molecule has 0 spiro atoms. The first-order valence-electron chi connectivity index (χ1n) is 7.99. The van der Waals surface area contributed by atoms with E-state index in [1.54, 1.807) is 10.7 Å². The van der Waals surface area contributed by atoms with Crippen molar-refractivity contribution in [1.82, 2.24) is 19.6 Å². The van der Waals surface area contributed by atoms with E-state index in [0.717, 1.165) is 34.5 Å². The maximum absolute atomic E-state index is 6.13. The largest absolute Gasteiger partial charge is 0.369 e. The number of nitrogens with zero attached hydrogens (tertiary/aromatic N) is 5. The lowest BCUT2D eigenvalue weighted by Gasteiger charge is -2.13. The fourth-order valence-corrected chi connectivity index (χ4v) is 3.23. The van der Waals surface area contributed by atoms with Gasteiger partial charge in [0.05, 0.1) is 17.8 Å². The third-order valence-corrected chi connectivity index (χ3v) is 4.46. The SMILES string of the molecule is Nc1nc(-c2ccccc2)c(-c2ccc3c(c2)C=NC3)c2nncn12. The Morgan fingerprint density at radius 2 is 1.88 bits per heavy atom. The molecule has 0 unspecified atom stereocenters. The summed E-state index contributed by atoms with van der Waals surface area (Å²) in [6, 6.07) is 16.3. The molecule has 1 aliphatic heterocycles. The van der Waals surface area contributed by atoms with Crippen molar-refractivity contribution >= 4 is 17.8 Å². The second-order valence-corrected chi connectivity index (χ2v) is 5.97. The number of aromatic nitrogens is 4. The van der Waals surface area contributed by atoms with Crippen LogP contribution in [-0.4, -0.2) is 25.8 Å². The third kappa shape index (κ3) is 2.11. The van der Waals surface area contributed by atoms with Gasteiger partial charge in [-0.1, -0.05) is 42.5 Å². The highest BCUT2D eigenvalue weighted by Gasteiger charge is 2.19.